The third kappa shape index (κ3) is 4.83. The predicted octanol–water partition coefficient (Wildman–Crippen LogP) is 1.20. The molecule has 5 heteroatoms. The molecule has 0 bridgehead atoms. The van der Waals surface area contributed by atoms with Gasteiger partial charge in [0.15, 0.2) is 0 Å². The number of hydrogen-bond acceptors (Lipinski definition) is 4. The summed E-state index contributed by atoms with van der Waals surface area (Å²) >= 11 is 0. The fourth-order valence-corrected chi connectivity index (χ4v) is 1.78. The van der Waals surface area contributed by atoms with Crippen LogP contribution in [-0.4, -0.2) is 35.3 Å². The number of nitrogens with zero attached hydrogens (tertiary/aromatic N) is 3. The van der Waals surface area contributed by atoms with Gasteiger partial charge in [0.1, 0.15) is 0 Å². The molecule has 1 aliphatic rings. The summed E-state index contributed by atoms with van der Waals surface area (Å²) in [6.07, 6.45) is 6.98. The number of methoxy groups -OCH3 is 1. The highest BCUT2D eigenvalue weighted by molar-refractivity contribution is 4.92. The second kappa shape index (κ2) is 6.71. The summed E-state index contributed by atoms with van der Waals surface area (Å²) in [6.45, 7) is 3.72. The quantitative estimate of drug-likeness (QED) is 0.657. The van der Waals surface area contributed by atoms with E-state index in [1.807, 2.05) is 10.9 Å². The smallest absolute Gasteiger partial charge is 0.0964 e. The molecular formula is C12H22N4O. The molecule has 5 nitrogen and oxygen atoms in total. The van der Waals surface area contributed by atoms with E-state index in [1.54, 1.807) is 7.11 Å². The van der Waals surface area contributed by atoms with Crippen LogP contribution < -0.4 is 5.32 Å². The van der Waals surface area contributed by atoms with Gasteiger partial charge in [0.25, 0.3) is 0 Å². The van der Waals surface area contributed by atoms with E-state index >= 15 is 0 Å². The summed E-state index contributed by atoms with van der Waals surface area (Å²) in [7, 11) is 1.74. The Bertz CT molecular complexity index is 322. The maximum absolute atomic E-state index is 5.01. The first-order chi connectivity index (χ1) is 8.38. The molecule has 1 N–H and O–H groups in total. The van der Waals surface area contributed by atoms with E-state index in [9.17, 15) is 0 Å². The van der Waals surface area contributed by atoms with Crippen molar-refractivity contribution < 1.29 is 4.74 Å². The first-order valence-electron chi connectivity index (χ1n) is 6.47. The topological polar surface area (TPSA) is 52.0 Å². The minimum atomic E-state index is 0.824. The third-order valence-corrected chi connectivity index (χ3v) is 3.01. The number of nitrogens with one attached hydrogen (secondary N) is 1. The van der Waals surface area contributed by atoms with Gasteiger partial charge >= 0.3 is 0 Å². The van der Waals surface area contributed by atoms with Crippen molar-refractivity contribution in [1.29, 1.82) is 0 Å². The number of aromatic nitrogens is 3. The SMILES string of the molecule is COCCCCn1cc(CNCC2CC2)nn1. The monoisotopic (exact) mass is 238 g/mol. The molecule has 1 aliphatic carbocycles. The molecule has 0 aromatic carbocycles. The van der Waals surface area contributed by atoms with Crippen LogP contribution in [0.3, 0.4) is 0 Å². The van der Waals surface area contributed by atoms with Crippen LogP contribution in [-0.2, 0) is 17.8 Å². The van der Waals surface area contributed by atoms with Crippen LogP contribution in [0.2, 0.25) is 0 Å². The molecule has 0 spiro atoms. The fraction of sp³-hybridized carbons (Fsp3) is 0.833. The maximum Gasteiger partial charge on any atom is 0.0964 e. The molecule has 1 aromatic heterocycles. The highest BCUT2D eigenvalue weighted by atomic mass is 16.5. The van der Waals surface area contributed by atoms with Crippen LogP contribution in [0.15, 0.2) is 6.20 Å². The van der Waals surface area contributed by atoms with Gasteiger partial charge in [-0.15, -0.1) is 5.10 Å². The van der Waals surface area contributed by atoms with Crippen molar-refractivity contribution in [2.75, 3.05) is 20.3 Å². The summed E-state index contributed by atoms with van der Waals surface area (Å²) in [6, 6.07) is 0. The van der Waals surface area contributed by atoms with Crippen LogP contribution in [0, 0.1) is 5.92 Å². The van der Waals surface area contributed by atoms with Crippen LogP contribution in [0.5, 0.6) is 0 Å². The summed E-state index contributed by atoms with van der Waals surface area (Å²) in [4.78, 5) is 0. The average molecular weight is 238 g/mol. The molecule has 0 unspecified atom stereocenters. The van der Waals surface area contributed by atoms with Gasteiger partial charge in [-0.2, -0.15) is 0 Å². The Hall–Kier alpha value is -0.940. The lowest BCUT2D eigenvalue weighted by Crippen LogP contribution is -2.16. The van der Waals surface area contributed by atoms with E-state index in [4.69, 9.17) is 4.74 Å². The second-order valence-corrected chi connectivity index (χ2v) is 4.75. The first-order valence-corrected chi connectivity index (χ1v) is 6.47. The molecule has 0 saturated heterocycles. The Kier molecular flexibility index (Phi) is 4.94. The van der Waals surface area contributed by atoms with Crippen LogP contribution in [0.4, 0.5) is 0 Å². The van der Waals surface area contributed by atoms with Crippen molar-refractivity contribution in [2.24, 2.45) is 5.92 Å². The summed E-state index contributed by atoms with van der Waals surface area (Å²) in [5, 5.41) is 11.7. The summed E-state index contributed by atoms with van der Waals surface area (Å²) < 4.78 is 6.93. The van der Waals surface area contributed by atoms with Crippen molar-refractivity contribution >= 4 is 0 Å². The zero-order valence-corrected chi connectivity index (χ0v) is 10.6. The predicted molar refractivity (Wildman–Crippen MR) is 65.6 cm³/mol. The molecule has 1 fully saturated rings. The largest absolute Gasteiger partial charge is 0.385 e. The molecule has 1 saturated carbocycles. The lowest BCUT2D eigenvalue weighted by Gasteiger charge is -2.00. The van der Waals surface area contributed by atoms with Crippen molar-refractivity contribution in [3.63, 3.8) is 0 Å². The van der Waals surface area contributed by atoms with Crippen molar-refractivity contribution in [3.8, 4) is 0 Å². The maximum atomic E-state index is 5.01. The second-order valence-electron chi connectivity index (χ2n) is 4.75. The number of hydrogen-bond donors (Lipinski definition) is 1. The molecule has 96 valence electrons. The van der Waals surface area contributed by atoms with E-state index in [2.05, 4.69) is 15.6 Å². The highest BCUT2D eigenvalue weighted by Crippen LogP contribution is 2.27. The Labute approximate surface area is 103 Å². The average Bonchev–Trinajstić information content (AvgIpc) is 3.04. The molecule has 0 amide bonds. The zero-order valence-electron chi connectivity index (χ0n) is 10.6. The van der Waals surface area contributed by atoms with Crippen molar-refractivity contribution in [3.05, 3.63) is 11.9 Å². The van der Waals surface area contributed by atoms with E-state index in [0.717, 1.165) is 50.7 Å². The third-order valence-electron chi connectivity index (χ3n) is 3.01. The van der Waals surface area contributed by atoms with Gasteiger partial charge in [-0.05, 0) is 38.1 Å². The van der Waals surface area contributed by atoms with Crippen LogP contribution in [0.1, 0.15) is 31.4 Å². The Morgan fingerprint density at radius 2 is 2.35 bits per heavy atom. The van der Waals surface area contributed by atoms with Gasteiger partial charge in [0.2, 0.25) is 0 Å². The molecular weight excluding hydrogens is 216 g/mol. The van der Waals surface area contributed by atoms with Crippen LogP contribution >= 0.6 is 0 Å². The number of aryl methyl sites for hydroxylation is 1. The van der Waals surface area contributed by atoms with Crippen molar-refractivity contribution in [2.45, 2.75) is 38.8 Å². The van der Waals surface area contributed by atoms with Gasteiger partial charge in [0, 0.05) is 33.0 Å². The summed E-state index contributed by atoms with van der Waals surface area (Å²) in [5.74, 6) is 0.916. The van der Waals surface area contributed by atoms with Gasteiger partial charge in [0.05, 0.1) is 5.69 Å². The highest BCUT2D eigenvalue weighted by Gasteiger charge is 2.20. The molecule has 0 atom stereocenters. The zero-order chi connectivity index (χ0) is 11.9. The van der Waals surface area contributed by atoms with Gasteiger partial charge in [-0.25, -0.2) is 0 Å². The van der Waals surface area contributed by atoms with E-state index < -0.39 is 0 Å². The van der Waals surface area contributed by atoms with Gasteiger partial charge in [-0.3, -0.25) is 4.68 Å². The lowest BCUT2D eigenvalue weighted by atomic mass is 10.3. The normalized spacial score (nSPS) is 15.4. The van der Waals surface area contributed by atoms with E-state index in [-0.39, 0.29) is 0 Å². The van der Waals surface area contributed by atoms with Gasteiger partial charge < -0.3 is 10.1 Å². The van der Waals surface area contributed by atoms with Gasteiger partial charge in [-0.1, -0.05) is 5.21 Å². The molecule has 1 heterocycles. The molecule has 0 radical (unpaired) electrons. The Morgan fingerprint density at radius 3 is 3.12 bits per heavy atom. The van der Waals surface area contributed by atoms with E-state index in [1.165, 1.54) is 12.8 Å². The number of ether oxygens (including phenoxy) is 1. The number of unbranched alkanes of at least 4 members (excludes halogenated alkanes) is 1. The molecule has 2 rings (SSSR count). The molecule has 1 aromatic rings. The minimum Gasteiger partial charge on any atom is -0.385 e. The molecule has 0 aliphatic heterocycles. The van der Waals surface area contributed by atoms with Crippen molar-refractivity contribution in [1.82, 2.24) is 20.3 Å². The first kappa shape index (κ1) is 12.5. The van der Waals surface area contributed by atoms with E-state index in [0.29, 0.717) is 0 Å². The molecule has 17 heavy (non-hydrogen) atoms. The number of rotatable bonds is 9. The summed E-state index contributed by atoms with van der Waals surface area (Å²) in [5.41, 5.74) is 1.04. The van der Waals surface area contributed by atoms with Crippen LogP contribution in [0.25, 0.3) is 0 Å². The Morgan fingerprint density at radius 1 is 1.47 bits per heavy atom. The fourth-order valence-electron chi connectivity index (χ4n) is 1.78. The minimum absolute atomic E-state index is 0.824. The lowest BCUT2D eigenvalue weighted by molar-refractivity contribution is 0.191. The standard InChI is InChI=1S/C12H22N4O/c1-17-7-3-2-6-16-10-12(14-15-16)9-13-8-11-4-5-11/h10-11,13H,2-9H2,1H3. The Balaban J connectivity index is 1.60.